The van der Waals surface area contributed by atoms with Crippen LogP contribution in [0.15, 0.2) is 23.0 Å². The van der Waals surface area contributed by atoms with Crippen LogP contribution in [-0.4, -0.2) is 59.2 Å². The van der Waals surface area contributed by atoms with Crippen LogP contribution in [0, 0.1) is 11.3 Å². The third-order valence-corrected chi connectivity index (χ3v) is 9.18. The Morgan fingerprint density at radius 1 is 1.17 bits per heavy atom. The first-order valence-electron chi connectivity index (χ1n) is 14.7. The van der Waals surface area contributed by atoms with E-state index in [1.54, 1.807) is 4.68 Å². The Morgan fingerprint density at radius 2 is 2.02 bits per heavy atom. The molecule has 0 bridgehead atoms. The average Bonchev–Trinajstić information content (AvgIpc) is 3.80. The summed E-state index contributed by atoms with van der Waals surface area (Å²) in [6, 6.07) is 4.65. The topological polar surface area (TPSA) is 140 Å². The number of rotatable bonds is 10. The van der Waals surface area contributed by atoms with Gasteiger partial charge in [-0.1, -0.05) is 31.8 Å². The number of hydrogen-bond donors (Lipinski definition) is 1. The smallest absolute Gasteiger partial charge is 0.184 e. The van der Waals surface area contributed by atoms with Crippen molar-refractivity contribution >= 4 is 27.4 Å². The number of unbranched alkanes of at least 4 members (excludes halogenated alkanes) is 1. The minimum atomic E-state index is 0.382. The van der Waals surface area contributed by atoms with Crippen molar-refractivity contribution in [1.82, 2.24) is 39.6 Å². The fourth-order valence-electron chi connectivity index (χ4n) is 5.86. The predicted molar refractivity (Wildman–Crippen MR) is 164 cm³/mol. The van der Waals surface area contributed by atoms with Crippen molar-refractivity contribution in [2.24, 2.45) is 7.05 Å². The van der Waals surface area contributed by atoms with Gasteiger partial charge in [0.2, 0.25) is 0 Å². The lowest BCUT2D eigenvalue weighted by atomic mass is 9.98. The van der Waals surface area contributed by atoms with Crippen LogP contribution >= 0.6 is 11.3 Å². The van der Waals surface area contributed by atoms with E-state index in [2.05, 4.69) is 42.1 Å². The summed E-state index contributed by atoms with van der Waals surface area (Å²) in [4.78, 5) is 13.3. The molecule has 12 heteroatoms. The van der Waals surface area contributed by atoms with Gasteiger partial charge in [-0.2, -0.15) is 15.5 Å². The van der Waals surface area contributed by atoms with Crippen molar-refractivity contribution in [3.63, 3.8) is 0 Å². The van der Waals surface area contributed by atoms with Gasteiger partial charge in [0.15, 0.2) is 22.9 Å². The van der Waals surface area contributed by atoms with E-state index in [0.717, 1.165) is 90.0 Å². The molecule has 1 saturated heterocycles. The maximum Gasteiger partial charge on any atom is 0.184 e. The molecule has 0 spiro atoms. The molecule has 0 aromatic carbocycles. The Bertz CT molecular complexity index is 1770. The largest absolute Gasteiger partial charge is 0.389 e. The molecular formula is C30H36N10OS. The number of likely N-dealkylation sites (tertiary alicyclic amines) is 1. The third-order valence-electron chi connectivity index (χ3n) is 8.11. The SMILES string of the molecule is CCCCc1c(-c2ncc3c(-c4ccn(C)n4)nn(CC4CCCN4C)c3n2)noc1-c1c(CCC)sc(N)c1C#N. The van der Waals surface area contributed by atoms with Gasteiger partial charge in [0.05, 0.1) is 23.1 Å². The van der Waals surface area contributed by atoms with Crippen LogP contribution in [0.4, 0.5) is 5.00 Å². The van der Waals surface area contributed by atoms with Crippen LogP contribution in [0.5, 0.6) is 0 Å². The summed E-state index contributed by atoms with van der Waals surface area (Å²) in [5.41, 5.74) is 11.3. The summed E-state index contributed by atoms with van der Waals surface area (Å²) in [6.45, 7) is 6.07. The first-order valence-corrected chi connectivity index (χ1v) is 15.5. The van der Waals surface area contributed by atoms with Crippen molar-refractivity contribution in [3.8, 4) is 40.3 Å². The number of thiophene rings is 1. The van der Waals surface area contributed by atoms with Crippen molar-refractivity contribution in [3.05, 3.63) is 34.5 Å². The van der Waals surface area contributed by atoms with Gasteiger partial charge in [0, 0.05) is 35.9 Å². The maximum atomic E-state index is 9.99. The van der Waals surface area contributed by atoms with Gasteiger partial charge >= 0.3 is 0 Å². The Morgan fingerprint density at radius 3 is 2.71 bits per heavy atom. The van der Waals surface area contributed by atoms with Gasteiger partial charge in [-0.25, -0.2) is 14.6 Å². The molecule has 11 nitrogen and oxygen atoms in total. The molecule has 0 aliphatic carbocycles. The van der Waals surface area contributed by atoms with E-state index < -0.39 is 0 Å². The van der Waals surface area contributed by atoms with E-state index >= 15 is 0 Å². The molecule has 1 aliphatic heterocycles. The summed E-state index contributed by atoms with van der Waals surface area (Å²) < 4.78 is 9.82. The highest BCUT2D eigenvalue weighted by molar-refractivity contribution is 7.16. The first-order chi connectivity index (χ1) is 20.4. The quantitative estimate of drug-likeness (QED) is 0.227. The number of nitrogen functional groups attached to an aromatic ring is 1. The molecule has 0 saturated carbocycles. The minimum Gasteiger partial charge on any atom is -0.389 e. The zero-order chi connectivity index (χ0) is 29.4. The standard InChI is InChI=1S/C30H36N10OS/c1-5-7-11-19-26(37-41-27(19)24-20(15-31)28(32)42-23(24)9-6-2)29-33-16-21-25(22-12-14-39(4)35-22)36-40(30(21)34-29)17-18-10-8-13-38(18)3/h12,14,16,18H,5-11,13,17,32H2,1-4H3. The van der Waals surface area contributed by atoms with Gasteiger partial charge in [-0.15, -0.1) is 11.3 Å². The highest BCUT2D eigenvalue weighted by atomic mass is 32.1. The molecule has 6 heterocycles. The predicted octanol–water partition coefficient (Wildman–Crippen LogP) is 5.45. The number of aryl methyl sites for hydroxylation is 2. The monoisotopic (exact) mass is 584 g/mol. The van der Waals surface area contributed by atoms with Crippen molar-refractivity contribution in [1.29, 1.82) is 5.26 Å². The number of fused-ring (bicyclic) bond motifs is 1. The molecule has 1 unspecified atom stereocenters. The number of nitrogens with zero attached hydrogens (tertiary/aromatic N) is 9. The third kappa shape index (κ3) is 4.97. The highest BCUT2D eigenvalue weighted by Crippen LogP contribution is 2.43. The van der Waals surface area contributed by atoms with Crippen molar-refractivity contribution in [2.45, 2.75) is 71.4 Å². The molecule has 1 atom stereocenters. The summed E-state index contributed by atoms with van der Waals surface area (Å²) >= 11 is 1.46. The van der Waals surface area contributed by atoms with E-state index in [4.69, 9.17) is 25.3 Å². The van der Waals surface area contributed by atoms with Crippen LogP contribution in [0.25, 0.3) is 45.3 Å². The molecular weight excluding hydrogens is 548 g/mol. The van der Waals surface area contributed by atoms with Gasteiger partial charge in [-0.05, 0) is 51.8 Å². The minimum absolute atomic E-state index is 0.382. The second-order valence-electron chi connectivity index (χ2n) is 11.1. The second-order valence-corrected chi connectivity index (χ2v) is 12.2. The lowest BCUT2D eigenvalue weighted by molar-refractivity contribution is 0.277. The second kappa shape index (κ2) is 11.7. The number of nitrogens with two attached hydrogens (primary N) is 1. The molecule has 218 valence electrons. The lowest BCUT2D eigenvalue weighted by Crippen LogP contribution is -2.29. The Hall–Kier alpha value is -4.08. The van der Waals surface area contributed by atoms with Crippen LogP contribution in [-0.2, 0) is 26.4 Å². The van der Waals surface area contributed by atoms with Crippen LogP contribution < -0.4 is 5.73 Å². The Kier molecular flexibility index (Phi) is 7.79. The first kappa shape index (κ1) is 28.1. The summed E-state index contributed by atoms with van der Waals surface area (Å²) in [5.74, 6) is 1.08. The van der Waals surface area contributed by atoms with Crippen molar-refractivity contribution in [2.75, 3.05) is 19.3 Å². The zero-order valence-electron chi connectivity index (χ0n) is 24.6. The van der Waals surface area contributed by atoms with E-state index in [-0.39, 0.29) is 0 Å². The summed E-state index contributed by atoms with van der Waals surface area (Å²) in [6.07, 6.45) is 10.4. The van der Waals surface area contributed by atoms with Crippen LogP contribution in [0.2, 0.25) is 0 Å². The molecule has 5 aromatic heterocycles. The van der Waals surface area contributed by atoms with Crippen LogP contribution in [0.1, 0.15) is 62.0 Å². The van der Waals surface area contributed by atoms with E-state index in [0.29, 0.717) is 33.9 Å². The Labute approximate surface area is 249 Å². The van der Waals surface area contributed by atoms with E-state index in [9.17, 15) is 5.26 Å². The number of anilines is 1. The fraction of sp³-hybridized carbons (Fsp3) is 0.467. The fourth-order valence-corrected chi connectivity index (χ4v) is 6.98. The Balaban J connectivity index is 1.50. The number of hydrogen-bond acceptors (Lipinski definition) is 10. The van der Waals surface area contributed by atoms with E-state index in [1.165, 1.54) is 17.8 Å². The lowest BCUT2D eigenvalue weighted by Gasteiger charge is -2.19. The number of nitriles is 1. The molecule has 1 aliphatic rings. The highest BCUT2D eigenvalue weighted by Gasteiger charge is 2.29. The molecule has 0 amide bonds. The average molecular weight is 585 g/mol. The molecule has 0 radical (unpaired) electrons. The maximum absolute atomic E-state index is 9.99. The van der Waals surface area contributed by atoms with Gasteiger partial charge < -0.3 is 15.2 Å². The summed E-state index contributed by atoms with van der Waals surface area (Å²) in [5, 5.41) is 25.5. The molecule has 1 fully saturated rings. The van der Waals surface area contributed by atoms with Crippen molar-refractivity contribution < 1.29 is 4.52 Å². The summed E-state index contributed by atoms with van der Waals surface area (Å²) in [7, 11) is 4.06. The van der Waals surface area contributed by atoms with Gasteiger partial charge in [0.25, 0.3) is 0 Å². The molecule has 2 N–H and O–H groups in total. The molecule has 5 aromatic rings. The normalized spacial score (nSPS) is 15.6. The number of aromatic nitrogens is 7. The van der Waals surface area contributed by atoms with E-state index in [1.807, 2.05) is 30.2 Å². The zero-order valence-corrected chi connectivity index (χ0v) is 25.4. The van der Waals surface area contributed by atoms with Crippen LogP contribution in [0.3, 0.4) is 0 Å². The van der Waals surface area contributed by atoms with Gasteiger partial charge in [-0.3, -0.25) is 4.68 Å². The molecule has 42 heavy (non-hydrogen) atoms. The van der Waals surface area contributed by atoms with Gasteiger partial charge in [0.1, 0.15) is 22.5 Å². The number of likely N-dealkylation sites (N-methyl/N-ethyl adjacent to an activating group) is 1. The molecule has 6 rings (SSSR count).